The molecule has 2 aromatic carbocycles. The van der Waals surface area contributed by atoms with Crippen molar-refractivity contribution in [2.75, 3.05) is 18.2 Å². The maximum absolute atomic E-state index is 12.0. The first-order valence-corrected chi connectivity index (χ1v) is 8.33. The normalized spacial score (nSPS) is 10.4. The summed E-state index contributed by atoms with van der Waals surface area (Å²) in [6.45, 7) is 0. The van der Waals surface area contributed by atoms with Crippen molar-refractivity contribution in [3.63, 3.8) is 0 Å². The average Bonchev–Trinajstić information content (AvgIpc) is 2.48. The summed E-state index contributed by atoms with van der Waals surface area (Å²) in [6.07, 6.45) is 0. The van der Waals surface area contributed by atoms with Crippen LogP contribution in [-0.4, -0.2) is 18.8 Å². The number of carbonyl (C=O) groups excluding carboxylic acids is 1. The van der Waals surface area contributed by atoms with E-state index in [9.17, 15) is 4.79 Å². The Hall–Kier alpha value is -1.07. The molecule has 0 saturated heterocycles. The number of rotatable bonds is 5. The number of amides is 1. The van der Waals surface area contributed by atoms with Crippen LogP contribution in [0, 0.1) is 0 Å². The summed E-state index contributed by atoms with van der Waals surface area (Å²) in [7, 11) is 1.53. The molecule has 22 heavy (non-hydrogen) atoms. The number of benzene rings is 2. The van der Waals surface area contributed by atoms with Gasteiger partial charge in [0.2, 0.25) is 5.91 Å². The minimum Gasteiger partial charge on any atom is -0.495 e. The summed E-state index contributed by atoms with van der Waals surface area (Å²) in [4.78, 5) is 12.7. The predicted octanol–water partition coefficient (Wildman–Crippen LogP) is 5.39. The van der Waals surface area contributed by atoms with Crippen LogP contribution in [0.1, 0.15) is 0 Å². The first kappa shape index (κ1) is 17.3. The summed E-state index contributed by atoms with van der Waals surface area (Å²) < 4.78 is 5.06. The zero-order valence-corrected chi connectivity index (χ0v) is 14.6. The molecule has 0 saturated carbocycles. The van der Waals surface area contributed by atoms with Gasteiger partial charge in [-0.2, -0.15) is 0 Å². The quantitative estimate of drug-likeness (QED) is 0.711. The molecule has 1 N–H and O–H groups in total. The average molecular weight is 377 g/mol. The largest absolute Gasteiger partial charge is 0.495 e. The van der Waals surface area contributed by atoms with Gasteiger partial charge in [0.1, 0.15) is 5.75 Å². The molecular formula is C15H12Cl3NO2S. The van der Waals surface area contributed by atoms with Crippen LogP contribution in [0.25, 0.3) is 0 Å². The molecule has 0 atom stereocenters. The second-order valence-corrected chi connectivity index (χ2v) is 6.53. The number of carbonyl (C=O) groups is 1. The third-order valence-corrected chi connectivity index (χ3v) is 4.71. The third-order valence-electron chi connectivity index (χ3n) is 2.69. The summed E-state index contributed by atoms with van der Waals surface area (Å²) in [5, 5.41) is 4.34. The molecular weight excluding hydrogens is 365 g/mol. The van der Waals surface area contributed by atoms with E-state index in [0.29, 0.717) is 26.5 Å². The predicted molar refractivity (Wildman–Crippen MR) is 93.8 cm³/mol. The lowest BCUT2D eigenvalue weighted by Crippen LogP contribution is -2.14. The van der Waals surface area contributed by atoms with E-state index in [2.05, 4.69) is 5.32 Å². The Morgan fingerprint density at radius 2 is 1.91 bits per heavy atom. The van der Waals surface area contributed by atoms with Crippen LogP contribution in [-0.2, 0) is 4.79 Å². The molecule has 2 rings (SSSR count). The van der Waals surface area contributed by atoms with Gasteiger partial charge in [-0.15, -0.1) is 11.8 Å². The summed E-state index contributed by atoms with van der Waals surface area (Å²) in [6, 6.07) is 10.2. The molecule has 2 aromatic rings. The van der Waals surface area contributed by atoms with Crippen LogP contribution in [0.5, 0.6) is 5.75 Å². The van der Waals surface area contributed by atoms with Crippen LogP contribution in [0.3, 0.4) is 0 Å². The Balaban J connectivity index is 1.95. The van der Waals surface area contributed by atoms with Crippen molar-refractivity contribution in [2.45, 2.75) is 4.90 Å². The fraction of sp³-hybridized carbons (Fsp3) is 0.133. The molecule has 0 radical (unpaired) electrons. The maximum atomic E-state index is 12.0. The number of anilines is 1. The standard InChI is InChI=1S/C15H12Cl3NO2S/c1-21-13-5-3-10(7-12(13)18)19-15(20)8-22-14-6-9(16)2-4-11(14)17/h2-7H,8H2,1H3,(H,19,20). The Kier molecular flexibility index (Phi) is 6.26. The van der Waals surface area contributed by atoms with Crippen LogP contribution < -0.4 is 10.1 Å². The van der Waals surface area contributed by atoms with E-state index < -0.39 is 0 Å². The highest BCUT2D eigenvalue weighted by Gasteiger charge is 2.08. The summed E-state index contributed by atoms with van der Waals surface area (Å²) in [5.41, 5.74) is 0.605. The van der Waals surface area contributed by atoms with Gasteiger partial charge in [-0.25, -0.2) is 0 Å². The monoisotopic (exact) mass is 375 g/mol. The van der Waals surface area contributed by atoms with Crippen molar-refractivity contribution in [1.29, 1.82) is 0 Å². The van der Waals surface area contributed by atoms with E-state index in [1.165, 1.54) is 18.9 Å². The number of hydrogen-bond donors (Lipinski definition) is 1. The molecule has 0 aliphatic carbocycles. The molecule has 0 bridgehead atoms. The first-order valence-electron chi connectivity index (χ1n) is 6.21. The lowest BCUT2D eigenvalue weighted by molar-refractivity contribution is -0.113. The fourth-order valence-corrected chi connectivity index (χ4v) is 3.22. The smallest absolute Gasteiger partial charge is 0.234 e. The van der Waals surface area contributed by atoms with Crippen LogP contribution >= 0.6 is 46.6 Å². The van der Waals surface area contributed by atoms with Crippen molar-refractivity contribution in [3.8, 4) is 5.75 Å². The van der Waals surface area contributed by atoms with E-state index in [1.807, 2.05) is 0 Å². The fourth-order valence-electron chi connectivity index (χ4n) is 1.67. The van der Waals surface area contributed by atoms with Crippen molar-refractivity contribution in [2.24, 2.45) is 0 Å². The SMILES string of the molecule is COc1ccc(NC(=O)CSc2cc(Cl)ccc2Cl)cc1Cl. The number of hydrogen-bond acceptors (Lipinski definition) is 3. The molecule has 0 spiro atoms. The lowest BCUT2D eigenvalue weighted by Gasteiger charge is -2.08. The zero-order valence-electron chi connectivity index (χ0n) is 11.5. The Morgan fingerprint density at radius 1 is 1.14 bits per heavy atom. The molecule has 7 heteroatoms. The van der Waals surface area contributed by atoms with Gasteiger partial charge < -0.3 is 10.1 Å². The molecule has 0 aliphatic rings. The molecule has 116 valence electrons. The third kappa shape index (κ3) is 4.71. The van der Waals surface area contributed by atoms with Gasteiger partial charge in [-0.1, -0.05) is 34.8 Å². The van der Waals surface area contributed by atoms with Crippen molar-refractivity contribution in [1.82, 2.24) is 0 Å². The van der Waals surface area contributed by atoms with Gasteiger partial charge in [-0.05, 0) is 36.4 Å². The van der Waals surface area contributed by atoms with Gasteiger partial charge in [0, 0.05) is 15.6 Å². The van der Waals surface area contributed by atoms with E-state index in [1.54, 1.807) is 36.4 Å². The number of methoxy groups -OCH3 is 1. The van der Waals surface area contributed by atoms with Gasteiger partial charge in [-0.3, -0.25) is 4.79 Å². The van der Waals surface area contributed by atoms with Crippen molar-refractivity contribution in [3.05, 3.63) is 51.5 Å². The molecule has 0 heterocycles. The molecule has 0 aromatic heterocycles. The highest BCUT2D eigenvalue weighted by molar-refractivity contribution is 8.00. The minimum atomic E-state index is -0.165. The van der Waals surface area contributed by atoms with Crippen LogP contribution in [0.2, 0.25) is 15.1 Å². The van der Waals surface area contributed by atoms with E-state index in [4.69, 9.17) is 39.5 Å². The number of nitrogens with one attached hydrogen (secondary N) is 1. The van der Waals surface area contributed by atoms with Crippen molar-refractivity contribution < 1.29 is 9.53 Å². The topological polar surface area (TPSA) is 38.3 Å². The second-order valence-electron chi connectivity index (χ2n) is 4.26. The van der Waals surface area contributed by atoms with Gasteiger partial charge in [0.25, 0.3) is 0 Å². The second kappa shape index (κ2) is 7.97. The van der Waals surface area contributed by atoms with E-state index >= 15 is 0 Å². The highest BCUT2D eigenvalue weighted by Crippen LogP contribution is 2.30. The highest BCUT2D eigenvalue weighted by atomic mass is 35.5. The van der Waals surface area contributed by atoms with Gasteiger partial charge >= 0.3 is 0 Å². The zero-order chi connectivity index (χ0) is 16.1. The molecule has 3 nitrogen and oxygen atoms in total. The van der Waals surface area contributed by atoms with Crippen molar-refractivity contribution >= 4 is 58.2 Å². The van der Waals surface area contributed by atoms with Crippen LogP contribution in [0.4, 0.5) is 5.69 Å². The van der Waals surface area contributed by atoms with Gasteiger partial charge in [0.15, 0.2) is 0 Å². The van der Waals surface area contributed by atoms with E-state index in [0.717, 1.165) is 4.90 Å². The van der Waals surface area contributed by atoms with Crippen LogP contribution in [0.15, 0.2) is 41.3 Å². The molecule has 0 fully saturated rings. The molecule has 1 amide bonds. The lowest BCUT2D eigenvalue weighted by atomic mass is 10.3. The number of thioether (sulfide) groups is 1. The summed E-state index contributed by atoms with van der Waals surface area (Å²) in [5.74, 6) is 0.603. The number of halogens is 3. The Morgan fingerprint density at radius 3 is 2.59 bits per heavy atom. The number of ether oxygens (including phenoxy) is 1. The Bertz CT molecular complexity index is 694. The molecule has 0 unspecified atom stereocenters. The van der Waals surface area contributed by atoms with E-state index in [-0.39, 0.29) is 11.7 Å². The Labute approximate surface area is 147 Å². The van der Waals surface area contributed by atoms with Gasteiger partial charge in [0.05, 0.1) is 22.9 Å². The molecule has 0 aliphatic heterocycles. The maximum Gasteiger partial charge on any atom is 0.234 e. The first-order chi connectivity index (χ1) is 10.5. The summed E-state index contributed by atoms with van der Waals surface area (Å²) >= 11 is 19.3. The minimum absolute atomic E-state index is 0.165.